The van der Waals surface area contributed by atoms with Crippen LogP contribution in [0.3, 0.4) is 0 Å². The van der Waals surface area contributed by atoms with E-state index in [1.165, 1.54) is 18.2 Å². The number of benzene rings is 1. The number of rotatable bonds is 1. The Balaban J connectivity index is 2.78. The average Bonchev–Trinajstić information content (AvgIpc) is 2.70. The minimum absolute atomic E-state index is 0.0346. The summed E-state index contributed by atoms with van der Waals surface area (Å²) in [5.74, 6) is 0. The van der Waals surface area contributed by atoms with E-state index in [-0.39, 0.29) is 31.3 Å². The van der Waals surface area contributed by atoms with E-state index in [1.807, 2.05) is 0 Å². The Hall–Kier alpha value is -1.16. The summed E-state index contributed by atoms with van der Waals surface area (Å²) in [5, 5.41) is 9.27. The van der Waals surface area contributed by atoms with E-state index in [9.17, 15) is 13.2 Å². The van der Waals surface area contributed by atoms with Gasteiger partial charge in [-0.15, -0.1) is 0 Å². The van der Waals surface area contributed by atoms with Crippen LogP contribution in [0.15, 0.2) is 22.7 Å². The number of alkyl halides is 3. The number of hydrogen-bond donors (Lipinski definition) is 1. The Labute approximate surface area is 130 Å². The predicted molar refractivity (Wildman–Crippen MR) is 73.7 cm³/mol. The highest BCUT2D eigenvalue weighted by atomic mass is 79.9. The van der Waals surface area contributed by atoms with Crippen LogP contribution in [0.2, 0.25) is 10.0 Å². The highest BCUT2D eigenvalue weighted by Crippen LogP contribution is 2.44. The van der Waals surface area contributed by atoms with Gasteiger partial charge in [0.25, 0.3) is 0 Å². The van der Waals surface area contributed by atoms with Gasteiger partial charge in [-0.1, -0.05) is 35.3 Å². The summed E-state index contributed by atoms with van der Waals surface area (Å²) >= 11 is 14.7. The molecule has 1 N–H and O–H groups in total. The quantitative estimate of drug-likeness (QED) is 0.679. The number of nitrogens with one attached hydrogen (secondary N) is 1. The molecule has 0 saturated carbocycles. The Morgan fingerprint density at radius 2 is 1.90 bits per heavy atom. The van der Waals surface area contributed by atoms with Gasteiger partial charge in [-0.3, -0.25) is 0 Å². The first-order valence-electron chi connectivity index (χ1n) is 5.10. The lowest BCUT2D eigenvalue weighted by Crippen LogP contribution is -2.06. The fourth-order valence-corrected chi connectivity index (χ4v) is 2.84. The minimum Gasteiger partial charge on any atom is -0.341 e. The van der Waals surface area contributed by atoms with Crippen molar-refractivity contribution in [3.8, 4) is 17.2 Å². The molecule has 0 saturated heterocycles. The van der Waals surface area contributed by atoms with Crippen LogP contribution in [-0.2, 0) is 6.18 Å². The number of hydrogen-bond acceptors (Lipinski definition) is 1. The molecule has 0 aliphatic rings. The van der Waals surface area contributed by atoms with Gasteiger partial charge in [0.05, 0.1) is 14.5 Å². The summed E-state index contributed by atoms with van der Waals surface area (Å²) in [6.07, 6.45) is -4.62. The zero-order valence-corrected chi connectivity index (χ0v) is 12.5. The van der Waals surface area contributed by atoms with Gasteiger partial charge in [-0.2, -0.15) is 18.4 Å². The summed E-state index contributed by atoms with van der Waals surface area (Å²) in [6, 6.07) is 6.22. The molecule has 0 fully saturated rings. The molecule has 0 atom stereocenters. The van der Waals surface area contributed by atoms with E-state index in [4.69, 9.17) is 28.5 Å². The van der Waals surface area contributed by atoms with E-state index in [0.717, 1.165) is 0 Å². The second-order valence-electron chi connectivity index (χ2n) is 3.77. The Morgan fingerprint density at radius 1 is 1.25 bits per heavy atom. The Kier molecular flexibility index (Phi) is 4.05. The van der Waals surface area contributed by atoms with E-state index in [0.29, 0.717) is 0 Å². The Morgan fingerprint density at radius 3 is 2.45 bits per heavy atom. The zero-order chi connectivity index (χ0) is 15.1. The molecule has 1 aromatic heterocycles. The first-order chi connectivity index (χ1) is 9.27. The van der Waals surface area contributed by atoms with Crippen molar-refractivity contribution in [1.82, 2.24) is 4.98 Å². The van der Waals surface area contributed by atoms with Crippen LogP contribution >= 0.6 is 39.1 Å². The summed E-state index contributed by atoms with van der Waals surface area (Å²) in [6.45, 7) is 0. The van der Waals surface area contributed by atoms with Crippen LogP contribution in [0.25, 0.3) is 11.1 Å². The third-order valence-electron chi connectivity index (χ3n) is 2.56. The topological polar surface area (TPSA) is 39.6 Å². The highest BCUT2D eigenvalue weighted by molar-refractivity contribution is 9.10. The Bertz CT molecular complexity index is 717. The molecule has 0 spiro atoms. The van der Waals surface area contributed by atoms with E-state index in [2.05, 4.69) is 20.9 Å². The maximum absolute atomic E-state index is 12.8. The van der Waals surface area contributed by atoms with Crippen molar-refractivity contribution >= 4 is 39.1 Å². The summed E-state index contributed by atoms with van der Waals surface area (Å²) in [4.78, 5) is 2.05. The molecular formula is C12H4BrCl2F3N2. The van der Waals surface area contributed by atoms with Gasteiger partial charge in [0.2, 0.25) is 0 Å². The number of aromatic amines is 1. The third kappa shape index (κ3) is 2.53. The molecule has 2 nitrogen and oxygen atoms in total. The molecule has 0 aliphatic heterocycles. The van der Waals surface area contributed by atoms with Gasteiger partial charge < -0.3 is 4.98 Å². The van der Waals surface area contributed by atoms with Crippen molar-refractivity contribution < 1.29 is 13.2 Å². The van der Waals surface area contributed by atoms with Gasteiger partial charge in [0, 0.05) is 11.1 Å². The fraction of sp³-hybridized carbons (Fsp3) is 0.0833. The molecule has 8 heteroatoms. The van der Waals surface area contributed by atoms with E-state index < -0.39 is 11.9 Å². The minimum atomic E-state index is -4.62. The molecule has 2 aromatic rings. The number of aromatic nitrogens is 1. The molecule has 0 unspecified atom stereocenters. The van der Waals surface area contributed by atoms with Crippen LogP contribution in [0, 0.1) is 11.3 Å². The number of halogens is 6. The van der Waals surface area contributed by atoms with E-state index >= 15 is 0 Å². The SMILES string of the molecule is N#Cc1[nH]c(C(F)(F)F)c(Br)c1-c1cccc(Cl)c1Cl. The number of H-pyrrole nitrogens is 1. The third-order valence-corrected chi connectivity index (χ3v) is 4.17. The molecule has 0 radical (unpaired) electrons. The lowest BCUT2D eigenvalue weighted by Gasteiger charge is -2.07. The largest absolute Gasteiger partial charge is 0.432 e. The van der Waals surface area contributed by atoms with Crippen LogP contribution in [0.4, 0.5) is 13.2 Å². The monoisotopic (exact) mass is 382 g/mol. The van der Waals surface area contributed by atoms with Crippen LogP contribution in [0.1, 0.15) is 11.4 Å². The normalized spacial score (nSPS) is 11.4. The average molecular weight is 384 g/mol. The van der Waals surface area contributed by atoms with Gasteiger partial charge in [-0.25, -0.2) is 0 Å². The van der Waals surface area contributed by atoms with Crippen molar-refractivity contribution in [3.05, 3.63) is 44.1 Å². The predicted octanol–water partition coefficient (Wildman–Crippen LogP) is 5.64. The molecule has 2 rings (SSSR count). The summed E-state index contributed by atoms with van der Waals surface area (Å²) < 4.78 is 38.3. The number of nitriles is 1. The number of nitrogens with zero attached hydrogens (tertiary/aromatic N) is 1. The van der Waals surface area contributed by atoms with Crippen molar-refractivity contribution in [2.45, 2.75) is 6.18 Å². The summed E-state index contributed by atoms with van der Waals surface area (Å²) in [7, 11) is 0. The molecule has 0 bridgehead atoms. The standard InChI is InChI=1S/C12H4BrCl2F3N2/c13-9-8(5-2-1-3-6(14)10(5)15)7(4-19)20-11(9)12(16,17)18/h1-3,20H. The maximum Gasteiger partial charge on any atom is 0.432 e. The molecule has 1 aromatic carbocycles. The van der Waals surface area contributed by atoms with Gasteiger partial charge in [-0.05, 0) is 22.0 Å². The van der Waals surface area contributed by atoms with Crippen LogP contribution < -0.4 is 0 Å². The smallest absolute Gasteiger partial charge is 0.341 e. The molecular weight excluding hydrogens is 380 g/mol. The maximum atomic E-state index is 12.8. The molecule has 104 valence electrons. The van der Waals surface area contributed by atoms with Gasteiger partial charge in [0.15, 0.2) is 0 Å². The van der Waals surface area contributed by atoms with Gasteiger partial charge in [0.1, 0.15) is 17.5 Å². The molecule has 0 amide bonds. The van der Waals surface area contributed by atoms with Crippen molar-refractivity contribution in [3.63, 3.8) is 0 Å². The first-order valence-corrected chi connectivity index (χ1v) is 6.65. The molecule has 20 heavy (non-hydrogen) atoms. The molecule has 1 heterocycles. The lowest BCUT2D eigenvalue weighted by atomic mass is 10.1. The lowest BCUT2D eigenvalue weighted by molar-refractivity contribution is -0.141. The van der Waals surface area contributed by atoms with Crippen molar-refractivity contribution in [1.29, 1.82) is 5.26 Å². The van der Waals surface area contributed by atoms with Crippen LogP contribution in [-0.4, -0.2) is 4.98 Å². The molecule has 0 aliphatic carbocycles. The summed E-state index contributed by atoms with van der Waals surface area (Å²) in [5.41, 5.74) is -1.00. The van der Waals surface area contributed by atoms with Crippen LogP contribution in [0.5, 0.6) is 0 Å². The second-order valence-corrected chi connectivity index (χ2v) is 5.35. The highest BCUT2D eigenvalue weighted by Gasteiger charge is 2.37. The zero-order valence-electron chi connectivity index (χ0n) is 9.45. The van der Waals surface area contributed by atoms with Crippen molar-refractivity contribution in [2.75, 3.05) is 0 Å². The van der Waals surface area contributed by atoms with E-state index in [1.54, 1.807) is 6.07 Å². The second kappa shape index (κ2) is 5.32. The fourth-order valence-electron chi connectivity index (χ4n) is 1.71. The first kappa shape index (κ1) is 15.2. The van der Waals surface area contributed by atoms with Gasteiger partial charge >= 0.3 is 6.18 Å². The van der Waals surface area contributed by atoms with Crippen molar-refractivity contribution in [2.24, 2.45) is 0 Å².